The lowest BCUT2D eigenvalue weighted by Gasteiger charge is -2.15. The Balaban J connectivity index is 1.51. The number of carbonyl (C=O) groups is 1. The van der Waals surface area contributed by atoms with E-state index in [9.17, 15) is 22.8 Å². The molecule has 0 aliphatic heterocycles. The average Bonchev–Trinajstić information content (AvgIpc) is 2.76. The second-order valence-corrected chi connectivity index (χ2v) is 7.75. The molecule has 4 nitrogen and oxygen atoms in total. The third kappa shape index (κ3) is 4.37. The highest BCUT2D eigenvalue weighted by Crippen LogP contribution is 2.30. The van der Waals surface area contributed by atoms with Gasteiger partial charge in [0.1, 0.15) is 0 Å². The van der Waals surface area contributed by atoms with E-state index in [1.54, 1.807) is 6.07 Å². The smallest absolute Gasteiger partial charge is 0.340 e. The van der Waals surface area contributed by atoms with Gasteiger partial charge in [-0.1, -0.05) is 23.8 Å². The van der Waals surface area contributed by atoms with Gasteiger partial charge in [-0.3, -0.25) is 9.59 Å². The van der Waals surface area contributed by atoms with E-state index in [-0.39, 0.29) is 17.8 Å². The maximum Gasteiger partial charge on any atom is 0.416 e. The van der Waals surface area contributed by atoms with Crippen LogP contribution in [0.2, 0.25) is 0 Å². The molecule has 0 atom stereocenters. The molecule has 1 aromatic heterocycles. The van der Waals surface area contributed by atoms with Gasteiger partial charge >= 0.3 is 6.18 Å². The maximum atomic E-state index is 12.9. The van der Waals surface area contributed by atoms with Gasteiger partial charge in [-0.2, -0.15) is 13.2 Å². The molecule has 0 bridgehead atoms. The number of anilines is 1. The zero-order valence-electron chi connectivity index (χ0n) is 17.4. The van der Waals surface area contributed by atoms with Crippen molar-refractivity contribution in [3.8, 4) is 0 Å². The second-order valence-electron chi connectivity index (χ2n) is 7.75. The molecule has 0 spiro atoms. The summed E-state index contributed by atoms with van der Waals surface area (Å²) in [6, 6.07) is 17.5. The van der Waals surface area contributed by atoms with Crippen LogP contribution in [0.25, 0.3) is 21.8 Å². The minimum atomic E-state index is -4.41. The number of para-hydroxylation sites is 1. The van der Waals surface area contributed by atoms with Gasteiger partial charge in [0.15, 0.2) is 5.43 Å². The molecular weight excluding hydrogens is 417 g/mol. The number of rotatable bonds is 5. The Morgan fingerprint density at radius 3 is 2.34 bits per heavy atom. The number of hydrogen-bond donors (Lipinski definition) is 1. The second kappa shape index (κ2) is 8.49. The van der Waals surface area contributed by atoms with Crippen molar-refractivity contribution >= 4 is 33.4 Å². The monoisotopic (exact) mass is 438 g/mol. The number of amides is 1. The molecule has 0 radical (unpaired) electrons. The fourth-order valence-corrected chi connectivity index (χ4v) is 3.85. The molecule has 3 aromatic carbocycles. The Morgan fingerprint density at radius 1 is 0.938 bits per heavy atom. The number of benzene rings is 3. The quantitative estimate of drug-likeness (QED) is 0.395. The molecule has 0 aliphatic rings. The van der Waals surface area contributed by atoms with Crippen molar-refractivity contribution in [1.82, 2.24) is 4.57 Å². The summed E-state index contributed by atoms with van der Waals surface area (Å²) in [5.41, 5.74) is 2.14. The normalized spacial score (nSPS) is 11.8. The standard InChI is InChI=1S/C25H21F3N2O2/c1-16-8-13-22-20(15-16)24(32)19-5-2-3-6-21(19)30(22)14-4-7-23(31)29-18-11-9-17(10-12-18)25(26,27)28/h2-3,5-6,8-13,15H,4,7,14H2,1H3,(H,29,31). The number of hydrogen-bond acceptors (Lipinski definition) is 2. The number of aromatic nitrogens is 1. The number of halogens is 3. The summed E-state index contributed by atoms with van der Waals surface area (Å²) < 4.78 is 40.0. The molecule has 4 aromatic rings. The minimum absolute atomic E-state index is 0.0180. The van der Waals surface area contributed by atoms with Crippen LogP contribution in [0.3, 0.4) is 0 Å². The van der Waals surface area contributed by atoms with Crippen LogP contribution >= 0.6 is 0 Å². The topological polar surface area (TPSA) is 51.1 Å². The molecule has 0 unspecified atom stereocenters. The SMILES string of the molecule is Cc1ccc2c(c1)c(=O)c1ccccc1n2CCCC(=O)Nc1ccc(C(F)(F)F)cc1. The van der Waals surface area contributed by atoms with E-state index in [0.29, 0.717) is 29.4 Å². The van der Waals surface area contributed by atoms with E-state index in [1.165, 1.54) is 12.1 Å². The Hall–Kier alpha value is -3.61. The van der Waals surface area contributed by atoms with E-state index in [0.717, 1.165) is 28.7 Å². The van der Waals surface area contributed by atoms with Gasteiger partial charge < -0.3 is 9.88 Å². The molecule has 4 rings (SSSR count). The van der Waals surface area contributed by atoms with Crippen molar-refractivity contribution < 1.29 is 18.0 Å². The van der Waals surface area contributed by atoms with Crippen molar-refractivity contribution in [3.05, 3.63) is 88.1 Å². The largest absolute Gasteiger partial charge is 0.416 e. The number of nitrogens with zero attached hydrogens (tertiary/aromatic N) is 1. The molecule has 164 valence electrons. The number of carbonyl (C=O) groups excluding carboxylic acids is 1. The first kappa shape index (κ1) is 21.6. The van der Waals surface area contributed by atoms with Crippen LogP contribution in [0, 0.1) is 6.92 Å². The molecule has 7 heteroatoms. The molecular formula is C25H21F3N2O2. The van der Waals surface area contributed by atoms with Gasteiger partial charge in [-0.05, 0) is 61.9 Å². The zero-order valence-corrected chi connectivity index (χ0v) is 17.4. The molecule has 0 saturated carbocycles. The van der Waals surface area contributed by atoms with Crippen molar-refractivity contribution in [1.29, 1.82) is 0 Å². The third-order valence-corrected chi connectivity index (χ3v) is 5.41. The van der Waals surface area contributed by atoms with Crippen LogP contribution in [0.1, 0.15) is 24.0 Å². The third-order valence-electron chi connectivity index (χ3n) is 5.41. The number of fused-ring (bicyclic) bond motifs is 2. The molecule has 0 saturated heterocycles. The molecule has 1 amide bonds. The van der Waals surface area contributed by atoms with Crippen LogP contribution in [0.4, 0.5) is 18.9 Å². The number of aryl methyl sites for hydroxylation is 2. The van der Waals surface area contributed by atoms with Crippen molar-refractivity contribution in [2.45, 2.75) is 32.5 Å². The van der Waals surface area contributed by atoms with E-state index in [1.807, 2.05) is 47.9 Å². The van der Waals surface area contributed by atoms with Gasteiger partial charge in [0.25, 0.3) is 0 Å². The van der Waals surface area contributed by atoms with Gasteiger partial charge in [0.05, 0.1) is 16.6 Å². The molecule has 32 heavy (non-hydrogen) atoms. The summed E-state index contributed by atoms with van der Waals surface area (Å²) in [5.74, 6) is -0.282. The molecule has 0 fully saturated rings. The summed E-state index contributed by atoms with van der Waals surface area (Å²) in [6.45, 7) is 2.45. The number of pyridine rings is 1. The fraction of sp³-hybridized carbons (Fsp3) is 0.200. The highest BCUT2D eigenvalue weighted by Gasteiger charge is 2.29. The first-order valence-electron chi connectivity index (χ1n) is 10.2. The van der Waals surface area contributed by atoms with Crippen LogP contribution in [-0.4, -0.2) is 10.5 Å². The first-order valence-corrected chi connectivity index (χ1v) is 10.2. The first-order chi connectivity index (χ1) is 15.2. The van der Waals surface area contributed by atoms with Crippen molar-refractivity contribution in [3.63, 3.8) is 0 Å². The Morgan fingerprint density at radius 2 is 1.62 bits per heavy atom. The predicted molar refractivity (Wildman–Crippen MR) is 120 cm³/mol. The van der Waals surface area contributed by atoms with Gasteiger partial charge in [0.2, 0.25) is 5.91 Å². The zero-order chi connectivity index (χ0) is 22.9. The minimum Gasteiger partial charge on any atom is -0.340 e. The number of alkyl halides is 3. The Labute approximate surface area is 182 Å². The summed E-state index contributed by atoms with van der Waals surface area (Å²) >= 11 is 0. The van der Waals surface area contributed by atoms with E-state index < -0.39 is 11.7 Å². The molecule has 1 N–H and O–H groups in total. The number of nitrogens with one attached hydrogen (secondary N) is 1. The van der Waals surface area contributed by atoms with E-state index in [4.69, 9.17) is 0 Å². The van der Waals surface area contributed by atoms with Crippen LogP contribution in [-0.2, 0) is 17.5 Å². The lowest BCUT2D eigenvalue weighted by atomic mass is 10.1. The fourth-order valence-electron chi connectivity index (χ4n) is 3.85. The average molecular weight is 438 g/mol. The lowest BCUT2D eigenvalue weighted by Crippen LogP contribution is -2.15. The highest BCUT2D eigenvalue weighted by molar-refractivity contribution is 5.94. The Bertz CT molecular complexity index is 1360. The molecule has 0 aliphatic carbocycles. The van der Waals surface area contributed by atoms with Crippen molar-refractivity contribution in [2.75, 3.05) is 5.32 Å². The molecule has 1 heterocycles. The van der Waals surface area contributed by atoms with E-state index >= 15 is 0 Å². The predicted octanol–water partition coefficient (Wildman–Crippen LogP) is 5.90. The summed E-state index contributed by atoms with van der Waals surface area (Å²) in [6.07, 6.45) is -3.72. The summed E-state index contributed by atoms with van der Waals surface area (Å²) in [5, 5.41) is 3.89. The highest BCUT2D eigenvalue weighted by atomic mass is 19.4. The van der Waals surface area contributed by atoms with Crippen LogP contribution in [0.5, 0.6) is 0 Å². The van der Waals surface area contributed by atoms with Crippen molar-refractivity contribution in [2.24, 2.45) is 0 Å². The maximum absolute atomic E-state index is 12.9. The summed E-state index contributed by atoms with van der Waals surface area (Å²) in [4.78, 5) is 25.2. The summed E-state index contributed by atoms with van der Waals surface area (Å²) in [7, 11) is 0. The van der Waals surface area contributed by atoms with Crippen LogP contribution in [0.15, 0.2) is 71.5 Å². The van der Waals surface area contributed by atoms with Gasteiger partial charge in [0, 0.05) is 29.4 Å². The van der Waals surface area contributed by atoms with Gasteiger partial charge in [-0.25, -0.2) is 0 Å². The lowest BCUT2D eigenvalue weighted by molar-refractivity contribution is -0.137. The van der Waals surface area contributed by atoms with Gasteiger partial charge in [-0.15, -0.1) is 0 Å². The van der Waals surface area contributed by atoms with Crippen LogP contribution < -0.4 is 10.7 Å². The Kier molecular flexibility index (Phi) is 5.74. The van der Waals surface area contributed by atoms with E-state index in [2.05, 4.69) is 5.32 Å².